The Labute approximate surface area is 164 Å². The van der Waals surface area contributed by atoms with Crippen molar-refractivity contribution in [2.75, 3.05) is 13.2 Å². The maximum absolute atomic E-state index is 12.7. The van der Waals surface area contributed by atoms with E-state index in [-0.39, 0.29) is 46.0 Å². The van der Waals surface area contributed by atoms with Crippen molar-refractivity contribution in [2.24, 2.45) is 0 Å². The number of imide groups is 1. The normalized spacial score (nSPS) is 15.8. The molecule has 0 spiro atoms. The molecule has 2 amide bonds. The second-order valence-corrected chi connectivity index (χ2v) is 6.13. The molecule has 1 aromatic carbocycles. The Morgan fingerprint density at radius 2 is 1.97 bits per heavy atom. The highest BCUT2D eigenvalue weighted by Gasteiger charge is 2.35. The van der Waals surface area contributed by atoms with E-state index in [2.05, 4.69) is 0 Å². The minimum atomic E-state index is -0.763. The first-order chi connectivity index (χ1) is 13.9. The molecule has 29 heavy (non-hydrogen) atoms. The summed E-state index contributed by atoms with van der Waals surface area (Å²) in [6, 6.07) is 10.9. The van der Waals surface area contributed by atoms with Gasteiger partial charge in [0.1, 0.15) is 23.2 Å². The Balaban J connectivity index is 2.06. The van der Waals surface area contributed by atoms with E-state index in [1.807, 2.05) is 0 Å². The number of nitro groups is 1. The van der Waals surface area contributed by atoms with Crippen molar-refractivity contribution < 1.29 is 24.0 Å². The predicted molar refractivity (Wildman–Crippen MR) is 101 cm³/mol. The van der Waals surface area contributed by atoms with Crippen LogP contribution in [-0.4, -0.2) is 39.9 Å². The summed E-state index contributed by atoms with van der Waals surface area (Å²) in [7, 11) is 0. The fourth-order valence-corrected chi connectivity index (χ4v) is 2.99. The molecule has 0 unspecified atom stereocenters. The third-order valence-corrected chi connectivity index (χ3v) is 4.43. The van der Waals surface area contributed by atoms with Gasteiger partial charge in [-0.15, -0.1) is 0 Å². The fraction of sp³-hybridized carbons (Fsp3) is 0.150. The summed E-state index contributed by atoms with van der Waals surface area (Å²) in [4.78, 5) is 36.4. The number of nitro benzene ring substituents is 1. The second kappa shape index (κ2) is 7.92. The number of carbonyl (C=O) groups excluding carboxylic acids is 2. The molecular formula is C20H15N3O6. The predicted octanol–water partition coefficient (Wildman–Crippen LogP) is 2.44. The van der Waals surface area contributed by atoms with E-state index >= 15 is 0 Å². The molecule has 0 fully saturated rings. The number of amides is 2. The molecule has 2 aromatic rings. The summed E-state index contributed by atoms with van der Waals surface area (Å²) in [6.45, 7) is 0.792. The van der Waals surface area contributed by atoms with E-state index in [1.165, 1.54) is 31.2 Å². The summed E-state index contributed by atoms with van der Waals surface area (Å²) in [5, 5.41) is 29.6. The number of nitrogens with zero attached hydrogens (tertiary/aromatic N) is 3. The summed E-state index contributed by atoms with van der Waals surface area (Å²) in [6.07, 6.45) is 1.37. The smallest absolute Gasteiger partial charge is 0.280 e. The van der Waals surface area contributed by atoms with Crippen LogP contribution in [0.25, 0.3) is 17.4 Å². The molecule has 0 atom stereocenters. The van der Waals surface area contributed by atoms with Crippen LogP contribution >= 0.6 is 0 Å². The number of rotatable bonds is 5. The average Bonchev–Trinajstić information content (AvgIpc) is 3.17. The van der Waals surface area contributed by atoms with E-state index in [1.54, 1.807) is 24.3 Å². The average molecular weight is 393 g/mol. The van der Waals surface area contributed by atoms with Gasteiger partial charge in [-0.05, 0) is 36.8 Å². The molecule has 0 bridgehead atoms. The Morgan fingerprint density at radius 1 is 1.24 bits per heavy atom. The zero-order chi connectivity index (χ0) is 21.1. The largest absolute Gasteiger partial charge is 0.456 e. The third-order valence-electron chi connectivity index (χ3n) is 4.43. The van der Waals surface area contributed by atoms with Crippen LogP contribution < -0.4 is 0 Å². The first-order valence-electron chi connectivity index (χ1n) is 8.52. The molecular weight excluding hydrogens is 378 g/mol. The Hall–Kier alpha value is -4.03. The molecule has 1 aromatic heterocycles. The number of aliphatic hydroxyl groups is 1. The molecule has 1 N–H and O–H groups in total. The number of benzene rings is 1. The number of furan rings is 1. The molecule has 0 radical (unpaired) electrons. The van der Waals surface area contributed by atoms with Gasteiger partial charge < -0.3 is 9.52 Å². The van der Waals surface area contributed by atoms with Crippen LogP contribution in [0.1, 0.15) is 12.7 Å². The fourth-order valence-electron chi connectivity index (χ4n) is 2.99. The number of carbonyl (C=O) groups is 2. The standard InChI is InChI=1S/C20H15N3O6/c1-12-15(19(25)22(8-9-24)20(26)16(12)11-21)10-13-6-7-18(29-13)14-4-2-3-5-17(14)23(27)28/h2-7,10,24H,8-9H2,1H3/b15-10+. The lowest BCUT2D eigenvalue weighted by Gasteiger charge is -2.26. The van der Waals surface area contributed by atoms with Gasteiger partial charge in [0, 0.05) is 11.6 Å². The molecule has 2 heterocycles. The molecule has 1 aliphatic rings. The monoisotopic (exact) mass is 393 g/mol. The molecule has 0 saturated carbocycles. The summed E-state index contributed by atoms with van der Waals surface area (Å²) in [5.74, 6) is -0.972. The zero-order valence-corrected chi connectivity index (χ0v) is 15.3. The lowest BCUT2D eigenvalue weighted by molar-refractivity contribution is -0.384. The van der Waals surface area contributed by atoms with Crippen LogP contribution in [0.3, 0.4) is 0 Å². The van der Waals surface area contributed by atoms with Gasteiger partial charge in [-0.2, -0.15) is 5.26 Å². The lowest BCUT2D eigenvalue weighted by Crippen LogP contribution is -2.44. The summed E-state index contributed by atoms with van der Waals surface area (Å²) < 4.78 is 5.66. The van der Waals surface area contributed by atoms with Gasteiger partial charge in [0.25, 0.3) is 17.5 Å². The van der Waals surface area contributed by atoms with Gasteiger partial charge >= 0.3 is 0 Å². The van der Waals surface area contributed by atoms with Gasteiger partial charge in [0.15, 0.2) is 0 Å². The van der Waals surface area contributed by atoms with Crippen LogP contribution in [0.2, 0.25) is 0 Å². The topological polar surface area (TPSA) is 138 Å². The summed E-state index contributed by atoms with van der Waals surface area (Å²) >= 11 is 0. The van der Waals surface area contributed by atoms with Crippen molar-refractivity contribution in [1.82, 2.24) is 4.90 Å². The molecule has 3 rings (SSSR count). The maximum Gasteiger partial charge on any atom is 0.280 e. The van der Waals surface area contributed by atoms with E-state index in [0.717, 1.165) is 4.90 Å². The van der Waals surface area contributed by atoms with Crippen LogP contribution in [0.4, 0.5) is 5.69 Å². The highest BCUT2D eigenvalue weighted by Crippen LogP contribution is 2.32. The molecule has 146 valence electrons. The first-order valence-corrected chi connectivity index (χ1v) is 8.52. The van der Waals surface area contributed by atoms with Crippen LogP contribution in [0, 0.1) is 21.4 Å². The minimum Gasteiger partial charge on any atom is -0.456 e. The molecule has 1 aliphatic heterocycles. The van der Waals surface area contributed by atoms with Crippen molar-refractivity contribution in [3.63, 3.8) is 0 Å². The van der Waals surface area contributed by atoms with Crippen LogP contribution in [0.5, 0.6) is 0 Å². The second-order valence-electron chi connectivity index (χ2n) is 6.13. The van der Waals surface area contributed by atoms with Crippen LogP contribution in [0.15, 0.2) is 57.5 Å². The number of hydrogen-bond donors (Lipinski definition) is 1. The SMILES string of the molecule is CC1=C(C#N)C(=O)N(CCO)C(=O)/C1=C/c1ccc(-c2ccccc2[N+](=O)[O-])o1. The van der Waals surface area contributed by atoms with Gasteiger partial charge in [0.05, 0.1) is 23.6 Å². The van der Waals surface area contributed by atoms with Gasteiger partial charge in [-0.25, -0.2) is 0 Å². The van der Waals surface area contributed by atoms with E-state index < -0.39 is 23.3 Å². The first kappa shape index (κ1) is 19.7. The number of para-hydroxylation sites is 1. The number of hydrogen-bond acceptors (Lipinski definition) is 7. The van der Waals surface area contributed by atoms with Gasteiger partial charge in [0.2, 0.25) is 0 Å². The van der Waals surface area contributed by atoms with E-state index in [0.29, 0.717) is 0 Å². The highest BCUT2D eigenvalue weighted by molar-refractivity contribution is 6.19. The van der Waals surface area contributed by atoms with Gasteiger partial charge in [-0.1, -0.05) is 12.1 Å². The third kappa shape index (κ3) is 3.56. The molecule has 0 aliphatic carbocycles. The lowest BCUT2D eigenvalue weighted by atomic mass is 9.95. The van der Waals surface area contributed by atoms with Crippen molar-refractivity contribution in [1.29, 1.82) is 5.26 Å². The van der Waals surface area contributed by atoms with Crippen molar-refractivity contribution in [3.8, 4) is 17.4 Å². The molecule has 9 heteroatoms. The van der Waals surface area contributed by atoms with Crippen LogP contribution in [-0.2, 0) is 9.59 Å². The maximum atomic E-state index is 12.7. The molecule has 9 nitrogen and oxygen atoms in total. The molecule has 0 saturated heterocycles. The van der Waals surface area contributed by atoms with Crippen molar-refractivity contribution in [3.05, 3.63) is 69.0 Å². The highest BCUT2D eigenvalue weighted by atomic mass is 16.6. The van der Waals surface area contributed by atoms with Crippen molar-refractivity contribution in [2.45, 2.75) is 6.92 Å². The number of β-amino-alcohol motifs (C(OH)–C–C–N with tert-alkyl or cyclic N) is 1. The Morgan fingerprint density at radius 3 is 2.62 bits per heavy atom. The summed E-state index contributed by atoms with van der Waals surface area (Å²) in [5.41, 5.74) is 0.213. The number of aliphatic hydroxyl groups excluding tert-OH is 1. The number of nitriles is 1. The zero-order valence-electron chi connectivity index (χ0n) is 15.3. The Kier molecular flexibility index (Phi) is 5.38. The van der Waals surface area contributed by atoms with Crippen molar-refractivity contribution >= 4 is 23.6 Å². The Bertz CT molecular complexity index is 1120. The van der Waals surface area contributed by atoms with E-state index in [9.17, 15) is 25.0 Å². The van der Waals surface area contributed by atoms with E-state index in [4.69, 9.17) is 9.52 Å². The quantitative estimate of drug-likeness (QED) is 0.356. The van der Waals surface area contributed by atoms with Gasteiger partial charge in [-0.3, -0.25) is 24.6 Å². The minimum absolute atomic E-state index is 0.0676.